The normalized spacial score (nSPS) is 21.5. The van der Waals surface area contributed by atoms with Gasteiger partial charge in [0.05, 0.1) is 11.6 Å². The van der Waals surface area contributed by atoms with Gasteiger partial charge in [0.25, 0.3) is 0 Å². The second-order valence-corrected chi connectivity index (χ2v) is 7.09. The second kappa shape index (κ2) is 7.02. The number of carbonyl (C=O) groups excluding carboxylic acids is 1. The van der Waals surface area contributed by atoms with Crippen molar-refractivity contribution in [3.63, 3.8) is 0 Å². The van der Waals surface area contributed by atoms with E-state index in [1.807, 2.05) is 45.0 Å². The molecule has 1 fully saturated rings. The van der Waals surface area contributed by atoms with E-state index in [9.17, 15) is 9.59 Å². The second-order valence-electron chi connectivity index (χ2n) is 7.09. The third-order valence-corrected chi connectivity index (χ3v) is 4.01. The quantitative estimate of drug-likeness (QED) is 0.887. The Hall–Kier alpha value is -2.04. The molecule has 1 aliphatic carbocycles. The van der Waals surface area contributed by atoms with Crippen LogP contribution in [0.25, 0.3) is 0 Å². The molecule has 0 unspecified atom stereocenters. The molecule has 1 amide bonds. The molecule has 2 rings (SSSR count). The molecular weight excluding hydrogens is 294 g/mol. The topological polar surface area (TPSA) is 75.6 Å². The monoisotopic (exact) mass is 319 g/mol. The van der Waals surface area contributed by atoms with Crippen LogP contribution in [0.1, 0.15) is 46.5 Å². The first kappa shape index (κ1) is 17.3. The summed E-state index contributed by atoms with van der Waals surface area (Å²) in [7, 11) is 0. The fourth-order valence-corrected chi connectivity index (χ4v) is 2.83. The highest BCUT2D eigenvalue weighted by Gasteiger charge is 2.30. The predicted molar refractivity (Wildman–Crippen MR) is 88.5 cm³/mol. The average Bonchev–Trinajstić information content (AvgIpc) is 2.48. The Morgan fingerprint density at radius 3 is 2.22 bits per heavy atom. The molecular formula is C18H25NO4. The van der Waals surface area contributed by atoms with Crippen molar-refractivity contribution in [2.45, 2.75) is 52.1 Å². The van der Waals surface area contributed by atoms with Gasteiger partial charge in [0.15, 0.2) is 0 Å². The number of amides is 1. The van der Waals surface area contributed by atoms with Gasteiger partial charge in [-0.1, -0.05) is 12.1 Å². The Bertz CT molecular complexity index is 569. The van der Waals surface area contributed by atoms with E-state index in [1.165, 1.54) is 0 Å². The summed E-state index contributed by atoms with van der Waals surface area (Å²) in [5.74, 6) is -0.608. The van der Waals surface area contributed by atoms with Crippen LogP contribution in [0.3, 0.4) is 0 Å². The fourth-order valence-electron chi connectivity index (χ4n) is 2.83. The summed E-state index contributed by atoms with van der Waals surface area (Å²) in [6.07, 6.45) is 2.36. The van der Waals surface area contributed by atoms with E-state index < -0.39 is 5.97 Å². The Balaban J connectivity index is 2.00. The fraction of sp³-hybridized carbons (Fsp3) is 0.556. The molecule has 1 aromatic rings. The minimum absolute atomic E-state index is 0.0567. The Morgan fingerprint density at radius 2 is 1.65 bits per heavy atom. The third-order valence-electron chi connectivity index (χ3n) is 4.01. The van der Waals surface area contributed by atoms with Gasteiger partial charge in [-0.2, -0.15) is 0 Å². The molecule has 0 heterocycles. The summed E-state index contributed by atoms with van der Waals surface area (Å²) in [5, 5.41) is 12.0. The number of carboxylic acids is 1. The van der Waals surface area contributed by atoms with Gasteiger partial charge in [-0.15, -0.1) is 0 Å². The zero-order chi connectivity index (χ0) is 17.0. The lowest BCUT2D eigenvalue weighted by atomic mass is 9.81. The van der Waals surface area contributed by atoms with Crippen molar-refractivity contribution in [3.8, 4) is 5.75 Å². The molecule has 5 heteroatoms. The van der Waals surface area contributed by atoms with Crippen LogP contribution in [0, 0.1) is 11.8 Å². The van der Waals surface area contributed by atoms with E-state index in [1.54, 1.807) is 0 Å². The van der Waals surface area contributed by atoms with Crippen molar-refractivity contribution < 1.29 is 19.4 Å². The molecule has 1 saturated carbocycles. The van der Waals surface area contributed by atoms with Crippen molar-refractivity contribution in [1.82, 2.24) is 0 Å². The lowest BCUT2D eigenvalue weighted by Crippen LogP contribution is -2.30. The standard InChI is InChI=1S/C18H25NO4/c1-18(2,3)23-15-7-5-4-6-14(15)19-16(20)12-8-10-13(11-9-12)17(21)22/h4-7,12-13H,8-11H2,1-3H3,(H,19,20)(H,21,22). The molecule has 0 saturated heterocycles. The van der Waals surface area contributed by atoms with E-state index in [4.69, 9.17) is 9.84 Å². The first-order chi connectivity index (χ1) is 10.8. The molecule has 0 spiro atoms. The lowest BCUT2D eigenvalue weighted by Gasteiger charge is -2.26. The number of anilines is 1. The summed E-state index contributed by atoms with van der Waals surface area (Å²) < 4.78 is 5.88. The van der Waals surface area contributed by atoms with Gasteiger partial charge < -0.3 is 15.2 Å². The number of benzene rings is 1. The number of ether oxygens (including phenoxy) is 1. The summed E-state index contributed by atoms with van der Waals surface area (Å²) >= 11 is 0. The molecule has 1 aromatic carbocycles. The van der Waals surface area contributed by atoms with Gasteiger partial charge in [0.2, 0.25) is 5.91 Å². The largest absolute Gasteiger partial charge is 0.486 e. The SMILES string of the molecule is CC(C)(C)Oc1ccccc1NC(=O)C1CCC(C(=O)O)CC1. The third kappa shape index (κ3) is 4.98. The van der Waals surface area contributed by atoms with Gasteiger partial charge in [0.1, 0.15) is 11.4 Å². The maximum atomic E-state index is 12.4. The van der Waals surface area contributed by atoms with Gasteiger partial charge in [-0.05, 0) is 58.6 Å². The number of nitrogens with one attached hydrogen (secondary N) is 1. The summed E-state index contributed by atoms with van der Waals surface area (Å²) in [5.41, 5.74) is 0.313. The molecule has 126 valence electrons. The van der Waals surface area contributed by atoms with Crippen LogP contribution >= 0.6 is 0 Å². The molecule has 0 bridgehead atoms. The summed E-state index contributed by atoms with van der Waals surface area (Å²) in [6.45, 7) is 5.87. The van der Waals surface area contributed by atoms with Crippen LogP contribution in [0.4, 0.5) is 5.69 Å². The molecule has 0 radical (unpaired) electrons. The van der Waals surface area contributed by atoms with Gasteiger partial charge in [-0.25, -0.2) is 0 Å². The minimum atomic E-state index is -0.757. The van der Waals surface area contributed by atoms with Gasteiger partial charge in [-0.3, -0.25) is 9.59 Å². The van der Waals surface area contributed by atoms with E-state index in [0.717, 1.165) is 0 Å². The Labute approximate surface area is 137 Å². The van der Waals surface area contributed by atoms with Crippen molar-refractivity contribution >= 4 is 17.6 Å². The van der Waals surface area contributed by atoms with E-state index in [-0.39, 0.29) is 23.3 Å². The first-order valence-electron chi connectivity index (χ1n) is 8.08. The van der Waals surface area contributed by atoms with Gasteiger partial charge in [0, 0.05) is 5.92 Å². The highest BCUT2D eigenvalue weighted by atomic mass is 16.5. The zero-order valence-corrected chi connectivity index (χ0v) is 14.0. The smallest absolute Gasteiger partial charge is 0.306 e. The Kier molecular flexibility index (Phi) is 5.29. The summed E-state index contributed by atoms with van der Waals surface area (Å²) in [4.78, 5) is 23.4. The van der Waals surface area contributed by atoms with E-state index in [2.05, 4.69) is 5.32 Å². The van der Waals surface area contributed by atoms with Crippen molar-refractivity contribution in [3.05, 3.63) is 24.3 Å². The number of hydrogen-bond donors (Lipinski definition) is 2. The number of carboxylic acid groups (broad SMARTS) is 1. The maximum Gasteiger partial charge on any atom is 0.306 e. The highest BCUT2D eigenvalue weighted by molar-refractivity contribution is 5.94. The molecule has 0 atom stereocenters. The molecule has 0 aromatic heterocycles. The molecule has 5 nitrogen and oxygen atoms in total. The number of hydrogen-bond acceptors (Lipinski definition) is 3. The van der Waals surface area contributed by atoms with Crippen molar-refractivity contribution in [2.75, 3.05) is 5.32 Å². The van der Waals surface area contributed by atoms with Crippen LogP contribution < -0.4 is 10.1 Å². The van der Waals surface area contributed by atoms with E-state index in [0.29, 0.717) is 37.1 Å². The number of aliphatic carboxylic acids is 1. The zero-order valence-electron chi connectivity index (χ0n) is 14.0. The van der Waals surface area contributed by atoms with Crippen LogP contribution in [0.2, 0.25) is 0 Å². The molecule has 1 aliphatic rings. The van der Waals surface area contributed by atoms with Crippen LogP contribution in [0.5, 0.6) is 5.75 Å². The number of rotatable bonds is 4. The first-order valence-corrected chi connectivity index (χ1v) is 8.08. The molecule has 0 aliphatic heterocycles. The van der Waals surface area contributed by atoms with Crippen molar-refractivity contribution in [2.24, 2.45) is 11.8 Å². The van der Waals surface area contributed by atoms with Crippen molar-refractivity contribution in [1.29, 1.82) is 0 Å². The number of para-hydroxylation sites is 2. The Morgan fingerprint density at radius 1 is 1.09 bits per heavy atom. The lowest BCUT2D eigenvalue weighted by molar-refractivity contribution is -0.143. The number of carbonyl (C=O) groups is 2. The molecule has 2 N–H and O–H groups in total. The maximum absolute atomic E-state index is 12.4. The summed E-state index contributed by atoms with van der Waals surface area (Å²) in [6, 6.07) is 7.38. The van der Waals surface area contributed by atoms with Crippen LogP contribution in [0.15, 0.2) is 24.3 Å². The van der Waals surface area contributed by atoms with Gasteiger partial charge >= 0.3 is 5.97 Å². The van der Waals surface area contributed by atoms with E-state index >= 15 is 0 Å². The minimum Gasteiger partial charge on any atom is -0.486 e. The van der Waals surface area contributed by atoms with Crippen LogP contribution in [-0.4, -0.2) is 22.6 Å². The highest BCUT2D eigenvalue weighted by Crippen LogP contribution is 2.32. The average molecular weight is 319 g/mol. The van der Waals surface area contributed by atoms with Crippen LogP contribution in [-0.2, 0) is 9.59 Å². The predicted octanol–water partition coefficient (Wildman–Crippen LogP) is 3.69. The molecule has 23 heavy (non-hydrogen) atoms.